The molecule has 23 heavy (non-hydrogen) atoms. The highest BCUT2D eigenvalue weighted by Gasteiger charge is 2.12. The van der Waals surface area contributed by atoms with E-state index in [9.17, 15) is 9.59 Å². The second kappa shape index (κ2) is 10.6. The van der Waals surface area contributed by atoms with E-state index in [-0.39, 0.29) is 24.9 Å². The van der Waals surface area contributed by atoms with E-state index in [1.54, 1.807) is 4.90 Å². The Hall–Kier alpha value is -2.08. The number of nitrogens with zero attached hydrogens (tertiary/aromatic N) is 1. The highest BCUT2D eigenvalue weighted by atomic mass is 16.5. The van der Waals surface area contributed by atoms with Gasteiger partial charge in [-0.25, -0.2) is 0 Å². The maximum atomic E-state index is 11.9. The highest BCUT2D eigenvalue weighted by Crippen LogP contribution is 2.11. The zero-order chi connectivity index (χ0) is 17.1. The molecule has 0 aliphatic carbocycles. The molecule has 2 N–H and O–H groups in total. The van der Waals surface area contributed by atoms with Gasteiger partial charge in [0.1, 0.15) is 12.4 Å². The first-order chi connectivity index (χ1) is 11.0. The Labute approximate surface area is 138 Å². The number of rotatable bonds is 10. The number of aryl methyl sites for hydroxylation is 1. The molecule has 0 atom stereocenters. The van der Waals surface area contributed by atoms with Gasteiger partial charge < -0.3 is 15.4 Å². The maximum absolute atomic E-state index is 11.9. The second-order valence-electron chi connectivity index (χ2n) is 5.27. The quantitative estimate of drug-likeness (QED) is 0.630. The Morgan fingerprint density at radius 3 is 2.43 bits per heavy atom. The Morgan fingerprint density at radius 1 is 1.13 bits per heavy atom. The number of carbonyl (C=O) groups is 2. The van der Waals surface area contributed by atoms with Gasteiger partial charge in [-0.3, -0.25) is 14.5 Å². The van der Waals surface area contributed by atoms with Gasteiger partial charge in [-0.15, -0.1) is 0 Å². The van der Waals surface area contributed by atoms with Crippen molar-refractivity contribution in [3.63, 3.8) is 0 Å². The van der Waals surface area contributed by atoms with Crippen LogP contribution in [0.5, 0.6) is 5.75 Å². The monoisotopic (exact) mass is 321 g/mol. The molecule has 0 saturated heterocycles. The van der Waals surface area contributed by atoms with E-state index in [1.165, 1.54) is 0 Å². The summed E-state index contributed by atoms with van der Waals surface area (Å²) in [6.45, 7) is 8.33. The Bertz CT molecular complexity index is 506. The van der Waals surface area contributed by atoms with Crippen LogP contribution in [0.15, 0.2) is 24.3 Å². The van der Waals surface area contributed by atoms with Crippen molar-refractivity contribution in [2.75, 3.05) is 39.3 Å². The molecule has 0 saturated carbocycles. The summed E-state index contributed by atoms with van der Waals surface area (Å²) in [6, 6.07) is 7.78. The lowest BCUT2D eigenvalue weighted by atomic mass is 10.2. The lowest BCUT2D eigenvalue weighted by Gasteiger charge is -2.19. The predicted molar refractivity (Wildman–Crippen MR) is 90.5 cm³/mol. The average Bonchev–Trinajstić information content (AvgIpc) is 2.51. The van der Waals surface area contributed by atoms with Crippen LogP contribution >= 0.6 is 0 Å². The van der Waals surface area contributed by atoms with Crippen LogP contribution in [0.25, 0.3) is 0 Å². The van der Waals surface area contributed by atoms with Gasteiger partial charge in [-0.2, -0.15) is 0 Å². The standard InChI is InChI=1S/C17H27N3O3/c1-4-18-16(21)12-20(5-2)13-17(22)19-9-10-23-15-8-6-7-14(3)11-15/h6-8,11H,4-5,9-10,12-13H2,1-3H3,(H,18,21)(H,19,22). The molecule has 0 bridgehead atoms. The molecule has 0 unspecified atom stereocenters. The Morgan fingerprint density at radius 2 is 1.83 bits per heavy atom. The molecule has 1 aromatic carbocycles. The van der Waals surface area contributed by atoms with Crippen molar-refractivity contribution < 1.29 is 14.3 Å². The molecule has 128 valence electrons. The van der Waals surface area contributed by atoms with Crippen LogP contribution in [-0.2, 0) is 9.59 Å². The molecule has 0 aliphatic rings. The number of hydrogen-bond donors (Lipinski definition) is 2. The van der Waals surface area contributed by atoms with E-state index in [1.807, 2.05) is 45.0 Å². The molecule has 1 rings (SSSR count). The summed E-state index contributed by atoms with van der Waals surface area (Å²) in [7, 11) is 0. The van der Waals surface area contributed by atoms with Gasteiger partial charge in [0.05, 0.1) is 19.6 Å². The molecule has 0 heterocycles. The number of amides is 2. The van der Waals surface area contributed by atoms with Gasteiger partial charge in [-0.1, -0.05) is 19.1 Å². The van der Waals surface area contributed by atoms with Crippen molar-refractivity contribution >= 4 is 11.8 Å². The van der Waals surface area contributed by atoms with Crippen LogP contribution in [0.1, 0.15) is 19.4 Å². The summed E-state index contributed by atoms with van der Waals surface area (Å²) in [6.07, 6.45) is 0. The molecule has 0 spiro atoms. The van der Waals surface area contributed by atoms with Crippen LogP contribution in [0.4, 0.5) is 0 Å². The van der Waals surface area contributed by atoms with Gasteiger partial charge in [-0.05, 0) is 38.1 Å². The van der Waals surface area contributed by atoms with Crippen molar-refractivity contribution in [2.45, 2.75) is 20.8 Å². The third-order valence-electron chi connectivity index (χ3n) is 3.24. The molecular weight excluding hydrogens is 294 g/mol. The molecule has 6 heteroatoms. The van der Waals surface area contributed by atoms with Gasteiger partial charge >= 0.3 is 0 Å². The topological polar surface area (TPSA) is 70.7 Å². The third-order valence-corrected chi connectivity index (χ3v) is 3.24. The molecule has 1 aromatic rings. The zero-order valence-electron chi connectivity index (χ0n) is 14.2. The van der Waals surface area contributed by atoms with Crippen LogP contribution in [0.2, 0.25) is 0 Å². The van der Waals surface area contributed by atoms with Gasteiger partial charge in [0.2, 0.25) is 11.8 Å². The van der Waals surface area contributed by atoms with Crippen LogP contribution in [0, 0.1) is 6.92 Å². The first-order valence-corrected chi connectivity index (χ1v) is 8.00. The third kappa shape index (κ3) is 8.21. The zero-order valence-corrected chi connectivity index (χ0v) is 14.2. The summed E-state index contributed by atoms with van der Waals surface area (Å²) >= 11 is 0. The van der Waals surface area contributed by atoms with Crippen molar-refractivity contribution in [3.05, 3.63) is 29.8 Å². The van der Waals surface area contributed by atoms with Crippen LogP contribution < -0.4 is 15.4 Å². The smallest absolute Gasteiger partial charge is 0.234 e. The Kier molecular flexibility index (Phi) is 8.75. The fraction of sp³-hybridized carbons (Fsp3) is 0.529. The number of ether oxygens (including phenoxy) is 1. The van der Waals surface area contributed by atoms with E-state index in [2.05, 4.69) is 10.6 Å². The molecule has 2 amide bonds. The summed E-state index contributed by atoms with van der Waals surface area (Å²) in [5.41, 5.74) is 1.13. The molecule has 0 aliphatic heterocycles. The largest absolute Gasteiger partial charge is 0.492 e. The number of nitrogens with one attached hydrogen (secondary N) is 2. The summed E-state index contributed by atoms with van der Waals surface area (Å²) in [4.78, 5) is 25.2. The molecule has 6 nitrogen and oxygen atoms in total. The van der Waals surface area contributed by atoms with E-state index < -0.39 is 0 Å². The van der Waals surface area contributed by atoms with E-state index >= 15 is 0 Å². The first kappa shape index (κ1) is 19.0. The van der Waals surface area contributed by atoms with Gasteiger partial charge in [0, 0.05) is 6.54 Å². The van der Waals surface area contributed by atoms with Crippen LogP contribution in [-0.4, -0.2) is 56.0 Å². The molecule has 0 fully saturated rings. The highest BCUT2D eigenvalue weighted by molar-refractivity contribution is 5.81. The minimum Gasteiger partial charge on any atom is -0.492 e. The fourth-order valence-electron chi connectivity index (χ4n) is 2.06. The number of hydrogen-bond acceptors (Lipinski definition) is 4. The van der Waals surface area contributed by atoms with Crippen molar-refractivity contribution in [1.29, 1.82) is 0 Å². The lowest BCUT2D eigenvalue weighted by Crippen LogP contribution is -2.43. The fourth-order valence-corrected chi connectivity index (χ4v) is 2.06. The number of likely N-dealkylation sites (N-methyl/N-ethyl adjacent to an activating group) is 2. The van der Waals surface area contributed by atoms with Gasteiger partial charge in [0.25, 0.3) is 0 Å². The van der Waals surface area contributed by atoms with E-state index in [0.29, 0.717) is 26.2 Å². The molecule has 0 aromatic heterocycles. The summed E-state index contributed by atoms with van der Waals surface area (Å²) < 4.78 is 5.57. The lowest BCUT2D eigenvalue weighted by molar-refractivity contribution is -0.125. The maximum Gasteiger partial charge on any atom is 0.234 e. The first-order valence-electron chi connectivity index (χ1n) is 8.00. The molecule has 0 radical (unpaired) electrons. The second-order valence-corrected chi connectivity index (χ2v) is 5.27. The average molecular weight is 321 g/mol. The SMILES string of the molecule is CCNC(=O)CN(CC)CC(=O)NCCOc1cccc(C)c1. The Balaban J connectivity index is 2.23. The van der Waals surface area contributed by atoms with E-state index in [4.69, 9.17) is 4.74 Å². The van der Waals surface area contributed by atoms with Gasteiger partial charge in [0.15, 0.2) is 0 Å². The van der Waals surface area contributed by atoms with Crippen molar-refractivity contribution in [1.82, 2.24) is 15.5 Å². The number of carbonyl (C=O) groups excluding carboxylic acids is 2. The minimum absolute atomic E-state index is 0.0649. The van der Waals surface area contributed by atoms with Crippen molar-refractivity contribution in [3.8, 4) is 5.75 Å². The van der Waals surface area contributed by atoms with Crippen molar-refractivity contribution in [2.24, 2.45) is 0 Å². The van der Waals surface area contributed by atoms with E-state index in [0.717, 1.165) is 11.3 Å². The normalized spacial score (nSPS) is 10.4. The predicted octanol–water partition coefficient (Wildman–Crippen LogP) is 0.948. The molecular formula is C17H27N3O3. The van der Waals surface area contributed by atoms with Crippen LogP contribution in [0.3, 0.4) is 0 Å². The summed E-state index contributed by atoms with van der Waals surface area (Å²) in [5, 5.41) is 5.53. The summed E-state index contributed by atoms with van der Waals surface area (Å²) in [5.74, 6) is 0.625. The number of benzene rings is 1. The minimum atomic E-state index is -0.107.